The summed E-state index contributed by atoms with van der Waals surface area (Å²) < 4.78 is 62.9. The minimum absolute atomic E-state index is 0.0731. The van der Waals surface area contributed by atoms with Crippen LogP contribution in [0.3, 0.4) is 0 Å². The molecule has 0 saturated carbocycles. The Kier molecular flexibility index (Phi) is 4.37. The van der Waals surface area contributed by atoms with E-state index in [4.69, 9.17) is 5.14 Å². The molecule has 0 bridgehead atoms. The van der Waals surface area contributed by atoms with Crippen LogP contribution in [0.1, 0.15) is 11.3 Å². The van der Waals surface area contributed by atoms with Gasteiger partial charge in [0.1, 0.15) is 11.4 Å². The molecule has 0 spiro atoms. The fraction of sp³-hybridized carbons (Fsp3) is 0.118. The first-order valence-corrected chi connectivity index (χ1v) is 8.98. The first-order chi connectivity index (χ1) is 12.1. The van der Waals surface area contributed by atoms with Gasteiger partial charge in [-0.15, -0.1) is 0 Å². The molecule has 1 aromatic heterocycles. The molecule has 5 nitrogen and oxygen atoms in total. The molecule has 2 aromatic carbocycles. The number of aromatic amines is 1. The summed E-state index contributed by atoms with van der Waals surface area (Å²) in [6, 6.07) is 11.8. The van der Waals surface area contributed by atoms with Gasteiger partial charge < -0.3 is 0 Å². The number of alkyl halides is 3. The predicted octanol–water partition coefficient (Wildman–Crippen LogP) is 3.72. The standard InChI is InChI=1S/C17H14F3N3O2S/c1-10-3-2-4-12(9-10)14-15(22-23-16(14)17(18,19)20)11-5-7-13(8-6-11)26(21,24)25/h2-9H,1H3,(H,22,23)(H2,21,24,25). The number of primary sulfonamides is 1. The van der Waals surface area contributed by atoms with Crippen molar-refractivity contribution in [2.45, 2.75) is 18.0 Å². The summed E-state index contributed by atoms with van der Waals surface area (Å²) in [6.45, 7) is 1.78. The van der Waals surface area contributed by atoms with Crippen molar-refractivity contribution in [1.29, 1.82) is 0 Å². The molecule has 0 aliphatic heterocycles. The maximum absolute atomic E-state index is 13.4. The quantitative estimate of drug-likeness (QED) is 0.725. The number of benzene rings is 2. The second kappa shape index (κ2) is 6.26. The number of nitrogens with two attached hydrogens (primary N) is 1. The number of H-pyrrole nitrogens is 1. The van der Waals surface area contributed by atoms with Crippen LogP contribution >= 0.6 is 0 Å². The summed E-state index contributed by atoms with van der Waals surface area (Å²) in [4.78, 5) is -0.134. The molecule has 26 heavy (non-hydrogen) atoms. The van der Waals surface area contributed by atoms with Crippen LogP contribution in [0.25, 0.3) is 22.4 Å². The maximum atomic E-state index is 13.4. The first-order valence-electron chi connectivity index (χ1n) is 7.43. The molecule has 3 N–H and O–H groups in total. The van der Waals surface area contributed by atoms with Gasteiger partial charge in [-0.1, -0.05) is 42.0 Å². The zero-order valence-corrected chi connectivity index (χ0v) is 14.3. The number of aromatic nitrogens is 2. The first kappa shape index (κ1) is 18.2. The highest BCUT2D eigenvalue weighted by atomic mass is 32.2. The third-order valence-corrected chi connectivity index (χ3v) is 4.74. The minimum atomic E-state index is -4.62. The Balaban J connectivity index is 2.21. The lowest BCUT2D eigenvalue weighted by Gasteiger charge is -2.10. The average molecular weight is 381 g/mol. The van der Waals surface area contributed by atoms with Crippen molar-refractivity contribution in [1.82, 2.24) is 10.2 Å². The van der Waals surface area contributed by atoms with Gasteiger partial charge in [0.25, 0.3) is 0 Å². The van der Waals surface area contributed by atoms with E-state index in [2.05, 4.69) is 10.2 Å². The van der Waals surface area contributed by atoms with Crippen molar-refractivity contribution in [3.63, 3.8) is 0 Å². The highest BCUT2D eigenvalue weighted by Crippen LogP contribution is 2.41. The Hall–Kier alpha value is -2.65. The summed E-state index contributed by atoms with van der Waals surface area (Å²) >= 11 is 0. The number of aryl methyl sites for hydroxylation is 1. The summed E-state index contributed by atoms with van der Waals surface area (Å²) in [5.74, 6) is 0. The monoisotopic (exact) mass is 381 g/mol. The van der Waals surface area contributed by atoms with Gasteiger partial charge in [0, 0.05) is 11.1 Å². The SMILES string of the molecule is Cc1cccc(-c2c(-c3ccc(S(N)(=O)=O)cc3)n[nH]c2C(F)(F)F)c1. The number of nitrogens with one attached hydrogen (secondary N) is 1. The molecule has 9 heteroatoms. The van der Waals surface area contributed by atoms with Crippen LogP contribution in [0.4, 0.5) is 13.2 Å². The lowest BCUT2D eigenvalue weighted by Crippen LogP contribution is -2.11. The molecule has 0 amide bonds. The van der Waals surface area contributed by atoms with Gasteiger partial charge in [-0.3, -0.25) is 5.10 Å². The molecule has 1 heterocycles. The Morgan fingerprint density at radius 2 is 1.69 bits per heavy atom. The van der Waals surface area contributed by atoms with E-state index >= 15 is 0 Å². The Labute approximate surface area is 147 Å². The van der Waals surface area contributed by atoms with Gasteiger partial charge in [0.15, 0.2) is 0 Å². The fourth-order valence-electron chi connectivity index (χ4n) is 2.64. The van der Waals surface area contributed by atoms with E-state index in [0.29, 0.717) is 11.1 Å². The molecule has 3 rings (SSSR count). The fourth-order valence-corrected chi connectivity index (χ4v) is 3.16. The molecule has 136 valence electrons. The summed E-state index contributed by atoms with van der Waals surface area (Å²) in [6.07, 6.45) is -4.62. The second-order valence-corrected chi connectivity index (χ2v) is 7.32. The van der Waals surface area contributed by atoms with Crippen LogP contribution in [-0.4, -0.2) is 18.6 Å². The second-order valence-electron chi connectivity index (χ2n) is 5.76. The molecular weight excluding hydrogens is 367 g/mol. The third-order valence-electron chi connectivity index (χ3n) is 3.81. The summed E-state index contributed by atoms with van der Waals surface area (Å²) in [5.41, 5.74) is 0.506. The molecule has 0 saturated heterocycles. The van der Waals surface area contributed by atoms with Gasteiger partial charge in [-0.05, 0) is 24.6 Å². The lowest BCUT2D eigenvalue weighted by molar-refractivity contribution is -0.140. The van der Waals surface area contributed by atoms with Crippen molar-refractivity contribution in [3.8, 4) is 22.4 Å². The normalized spacial score (nSPS) is 12.3. The molecule has 0 unspecified atom stereocenters. The van der Waals surface area contributed by atoms with Crippen molar-refractivity contribution in [3.05, 3.63) is 59.8 Å². The smallest absolute Gasteiger partial charge is 0.272 e. The minimum Gasteiger partial charge on any atom is -0.272 e. The van der Waals surface area contributed by atoms with Crippen LogP contribution in [0, 0.1) is 6.92 Å². The lowest BCUT2D eigenvalue weighted by atomic mass is 9.97. The number of halogens is 3. The zero-order valence-electron chi connectivity index (χ0n) is 13.5. The third kappa shape index (κ3) is 3.49. The van der Waals surface area contributed by atoms with Crippen molar-refractivity contribution in [2.24, 2.45) is 5.14 Å². The summed E-state index contributed by atoms with van der Waals surface area (Å²) in [5, 5.41) is 10.9. The van der Waals surface area contributed by atoms with Crippen LogP contribution in [-0.2, 0) is 16.2 Å². The van der Waals surface area contributed by atoms with Gasteiger partial charge in [0.2, 0.25) is 10.0 Å². The topological polar surface area (TPSA) is 88.8 Å². The van der Waals surface area contributed by atoms with Crippen LogP contribution in [0.15, 0.2) is 53.4 Å². The molecular formula is C17H14F3N3O2S. The number of hydrogen-bond acceptors (Lipinski definition) is 3. The van der Waals surface area contributed by atoms with Crippen LogP contribution in [0.5, 0.6) is 0 Å². The molecule has 0 fully saturated rings. The van der Waals surface area contributed by atoms with Gasteiger partial charge in [0.05, 0.1) is 4.90 Å². The van der Waals surface area contributed by atoms with E-state index in [1.807, 2.05) is 0 Å². The Bertz CT molecular complexity index is 1060. The van der Waals surface area contributed by atoms with E-state index in [9.17, 15) is 21.6 Å². The molecule has 0 atom stereocenters. The van der Waals surface area contributed by atoms with E-state index < -0.39 is 21.9 Å². The highest BCUT2D eigenvalue weighted by Gasteiger charge is 2.38. The Morgan fingerprint density at radius 1 is 1.04 bits per heavy atom. The predicted molar refractivity (Wildman–Crippen MR) is 90.6 cm³/mol. The van der Waals surface area contributed by atoms with Crippen LogP contribution in [0.2, 0.25) is 0 Å². The van der Waals surface area contributed by atoms with Crippen LogP contribution < -0.4 is 5.14 Å². The van der Waals surface area contributed by atoms with Gasteiger partial charge in [-0.25, -0.2) is 13.6 Å². The number of hydrogen-bond donors (Lipinski definition) is 2. The molecule has 0 aliphatic rings. The highest BCUT2D eigenvalue weighted by molar-refractivity contribution is 7.89. The molecule has 0 aliphatic carbocycles. The molecule has 0 radical (unpaired) electrons. The summed E-state index contributed by atoms with van der Waals surface area (Å²) in [7, 11) is -3.90. The van der Waals surface area contributed by atoms with E-state index in [-0.39, 0.29) is 16.2 Å². The van der Waals surface area contributed by atoms with E-state index in [1.54, 1.807) is 31.2 Å². The maximum Gasteiger partial charge on any atom is 0.433 e. The number of nitrogens with zero attached hydrogens (tertiary/aromatic N) is 1. The van der Waals surface area contributed by atoms with Crippen molar-refractivity contribution in [2.75, 3.05) is 0 Å². The van der Waals surface area contributed by atoms with Crippen molar-refractivity contribution >= 4 is 10.0 Å². The van der Waals surface area contributed by atoms with Gasteiger partial charge in [-0.2, -0.15) is 18.3 Å². The zero-order chi connectivity index (χ0) is 19.1. The number of rotatable bonds is 3. The van der Waals surface area contributed by atoms with Gasteiger partial charge >= 0.3 is 6.18 Å². The Morgan fingerprint density at radius 3 is 2.23 bits per heavy atom. The largest absolute Gasteiger partial charge is 0.433 e. The van der Waals surface area contributed by atoms with E-state index in [1.165, 1.54) is 24.3 Å². The molecule has 3 aromatic rings. The number of sulfonamides is 1. The van der Waals surface area contributed by atoms with E-state index in [0.717, 1.165) is 5.56 Å². The average Bonchev–Trinajstić information content (AvgIpc) is 2.99. The van der Waals surface area contributed by atoms with Crippen molar-refractivity contribution < 1.29 is 21.6 Å².